The van der Waals surface area contributed by atoms with E-state index in [0.717, 1.165) is 17.7 Å². The number of carbonyl (C=O) groups excluding carboxylic acids is 7. The second kappa shape index (κ2) is 25.2. The second-order valence-corrected chi connectivity index (χ2v) is 14.8. The van der Waals surface area contributed by atoms with Crippen molar-refractivity contribution in [1.82, 2.24) is 41.8 Å². The Labute approximate surface area is 350 Å². The first-order valence-corrected chi connectivity index (χ1v) is 20.0. The topological polar surface area (TPSA) is 308 Å². The Morgan fingerprint density at radius 3 is 2.12 bits per heavy atom. The number of amides is 7. The molecule has 1 aliphatic heterocycles. The SMILES string of the molecule is CC(NC(=O)c1ccnc(CNC(=O)CCC(=O)NCCCCCCCC(=O)NCC(N)C(=O)NC(CC(=O)O)C(=O)NC(CS)C(=O)O)c1)C(=O)N1CC(F)(F)C[C@H]1C. The smallest absolute Gasteiger partial charge is 0.327 e. The van der Waals surface area contributed by atoms with Crippen LogP contribution >= 0.6 is 12.6 Å². The molecule has 2 heterocycles. The average molecular weight is 872 g/mol. The quantitative estimate of drug-likeness (QED) is 0.0404. The lowest BCUT2D eigenvalue weighted by molar-refractivity contribution is -0.143. The van der Waals surface area contributed by atoms with Gasteiger partial charge in [0, 0.05) is 62.3 Å². The largest absolute Gasteiger partial charge is 0.481 e. The van der Waals surface area contributed by atoms with Gasteiger partial charge >= 0.3 is 11.9 Å². The highest BCUT2D eigenvalue weighted by Gasteiger charge is 2.46. The molecule has 7 amide bonds. The van der Waals surface area contributed by atoms with Gasteiger partial charge in [-0.15, -0.1) is 0 Å². The monoisotopic (exact) mass is 871 g/mol. The molecule has 1 fully saturated rings. The van der Waals surface area contributed by atoms with Crippen LogP contribution in [0.15, 0.2) is 18.3 Å². The van der Waals surface area contributed by atoms with Gasteiger partial charge in [0.05, 0.1) is 25.2 Å². The Hall–Kier alpha value is -5.45. The predicted molar refractivity (Wildman–Crippen MR) is 212 cm³/mol. The Morgan fingerprint density at radius 1 is 0.883 bits per heavy atom. The second-order valence-electron chi connectivity index (χ2n) is 14.4. The maximum Gasteiger partial charge on any atom is 0.327 e. The number of aromatic nitrogens is 1. The maximum atomic E-state index is 13.7. The van der Waals surface area contributed by atoms with E-state index in [-0.39, 0.29) is 55.5 Å². The van der Waals surface area contributed by atoms with Gasteiger partial charge < -0.3 is 52.7 Å². The van der Waals surface area contributed by atoms with Crippen LogP contribution in [-0.2, 0) is 44.9 Å². The fourth-order valence-electron chi connectivity index (χ4n) is 5.90. The summed E-state index contributed by atoms with van der Waals surface area (Å²) in [6, 6.07) is -3.23. The number of carboxylic acid groups (broad SMARTS) is 2. The Kier molecular flexibility index (Phi) is 21.3. The molecule has 0 bridgehead atoms. The highest BCUT2D eigenvalue weighted by Crippen LogP contribution is 2.32. The minimum atomic E-state index is -2.98. The Bertz CT molecular complexity index is 1710. The fraction of sp³-hybridized carbons (Fsp3) is 0.622. The Balaban J connectivity index is 1.57. The van der Waals surface area contributed by atoms with Crippen molar-refractivity contribution in [2.24, 2.45) is 5.73 Å². The van der Waals surface area contributed by atoms with Crippen molar-refractivity contribution in [3.63, 3.8) is 0 Å². The van der Waals surface area contributed by atoms with E-state index in [1.165, 1.54) is 32.2 Å². The summed E-state index contributed by atoms with van der Waals surface area (Å²) in [6.07, 6.45) is 3.48. The zero-order valence-electron chi connectivity index (χ0n) is 33.5. The van der Waals surface area contributed by atoms with E-state index in [2.05, 4.69) is 49.5 Å². The van der Waals surface area contributed by atoms with Crippen LogP contribution in [0.25, 0.3) is 0 Å². The van der Waals surface area contributed by atoms with Crippen LogP contribution < -0.4 is 37.6 Å². The molecule has 334 valence electrons. The molecule has 23 heteroatoms. The molecule has 60 heavy (non-hydrogen) atoms. The van der Waals surface area contributed by atoms with Crippen molar-refractivity contribution < 1.29 is 62.1 Å². The molecule has 4 unspecified atom stereocenters. The number of nitrogens with two attached hydrogens (primary N) is 1. The van der Waals surface area contributed by atoms with Gasteiger partial charge in [-0.3, -0.25) is 43.3 Å². The number of hydrogen-bond donors (Lipinski definition) is 10. The van der Waals surface area contributed by atoms with Gasteiger partial charge in [-0.05, 0) is 38.8 Å². The molecule has 0 aliphatic carbocycles. The number of aliphatic carboxylic acids is 2. The molecule has 0 radical (unpaired) electrons. The summed E-state index contributed by atoms with van der Waals surface area (Å²) in [7, 11) is 0. The number of thiol groups is 1. The van der Waals surface area contributed by atoms with Crippen molar-refractivity contribution in [2.75, 3.05) is 25.4 Å². The molecule has 2 rings (SSSR count). The number of hydrogen-bond acceptors (Lipinski definition) is 12. The van der Waals surface area contributed by atoms with Crippen LogP contribution in [0.3, 0.4) is 0 Å². The molecule has 0 spiro atoms. The minimum absolute atomic E-state index is 0.0306. The van der Waals surface area contributed by atoms with Gasteiger partial charge in [-0.1, -0.05) is 19.3 Å². The number of nitrogens with one attached hydrogen (secondary N) is 6. The molecule has 1 aliphatic rings. The van der Waals surface area contributed by atoms with Crippen LogP contribution in [0.2, 0.25) is 0 Å². The zero-order valence-corrected chi connectivity index (χ0v) is 34.4. The van der Waals surface area contributed by atoms with Gasteiger partial charge in [-0.2, -0.15) is 12.6 Å². The summed E-state index contributed by atoms with van der Waals surface area (Å²) in [6.45, 7) is 2.29. The third-order valence-electron chi connectivity index (χ3n) is 9.22. The predicted octanol–water partition coefficient (Wildman–Crippen LogP) is -0.789. The van der Waals surface area contributed by atoms with Crippen LogP contribution in [0.1, 0.15) is 94.1 Å². The summed E-state index contributed by atoms with van der Waals surface area (Å²) >= 11 is 3.81. The average Bonchev–Trinajstić information content (AvgIpc) is 3.48. The van der Waals surface area contributed by atoms with Gasteiger partial charge in [0.15, 0.2) is 0 Å². The van der Waals surface area contributed by atoms with E-state index >= 15 is 0 Å². The normalized spacial score (nSPS) is 16.3. The first kappa shape index (κ1) is 50.7. The van der Waals surface area contributed by atoms with Gasteiger partial charge in [-0.25, -0.2) is 13.6 Å². The lowest BCUT2D eigenvalue weighted by Gasteiger charge is -2.25. The highest BCUT2D eigenvalue weighted by atomic mass is 32.1. The molecule has 0 aromatic carbocycles. The molecule has 20 nitrogen and oxygen atoms in total. The summed E-state index contributed by atoms with van der Waals surface area (Å²) in [5.74, 6) is -10.4. The third kappa shape index (κ3) is 18.6. The number of rotatable bonds is 26. The van der Waals surface area contributed by atoms with Crippen molar-refractivity contribution in [3.8, 4) is 0 Å². The first-order chi connectivity index (χ1) is 28.2. The van der Waals surface area contributed by atoms with E-state index in [1.54, 1.807) is 0 Å². The number of halogens is 2. The summed E-state index contributed by atoms with van der Waals surface area (Å²) in [5, 5.41) is 32.8. The van der Waals surface area contributed by atoms with Crippen molar-refractivity contribution in [2.45, 2.75) is 121 Å². The summed E-state index contributed by atoms with van der Waals surface area (Å²) in [4.78, 5) is 115. The van der Waals surface area contributed by atoms with Gasteiger partial charge in [0.25, 0.3) is 11.8 Å². The molecule has 1 aromatic rings. The Morgan fingerprint density at radius 2 is 1.50 bits per heavy atom. The highest BCUT2D eigenvalue weighted by molar-refractivity contribution is 7.80. The van der Waals surface area contributed by atoms with Crippen molar-refractivity contribution in [3.05, 3.63) is 29.6 Å². The standard InChI is InChI=1S/C37H55F2N9O11S/c1-21-16-37(38,39)20-48(21)35(57)22(2)45-32(54)23-11-13-41-24(14-23)17-43-30(51)10-9-29(50)42-12-7-5-3-4-6-8-28(49)44-18-25(40)33(55)46-26(15-31(52)53)34(56)47-27(19-60)36(58)59/h11,13-14,21-22,25-27,60H,3-10,12,15-20,40H2,1-2H3,(H,42,50)(H,43,51)(H,44,49)(H,45,54)(H,46,55)(H,47,56)(H,52,53)(H,58,59)/t21-,22?,25?,26?,27?/m1/s1. The molecular formula is C37H55F2N9O11S. The van der Waals surface area contributed by atoms with Crippen molar-refractivity contribution in [1.29, 1.82) is 0 Å². The summed E-state index contributed by atoms with van der Waals surface area (Å²) in [5.41, 5.74) is 6.29. The van der Waals surface area contributed by atoms with Gasteiger partial charge in [0.2, 0.25) is 35.4 Å². The van der Waals surface area contributed by atoms with Crippen LogP contribution in [-0.4, -0.2) is 135 Å². The number of nitrogens with zero attached hydrogens (tertiary/aromatic N) is 2. The number of likely N-dealkylation sites (tertiary alicyclic amines) is 1. The molecule has 5 atom stereocenters. The van der Waals surface area contributed by atoms with Crippen LogP contribution in [0, 0.1) is 0 Å². The van der Waals surface area contributed by atoms with E-state index in [9.17, 15) is 51.9 Å². The first-order valence-electron chi connectivity index (χ1n) is 19.4. The number of unbranched alkanes of at least 4 members (excludes halogenated alkanes) is 4. The lowest BCUT2D eigenvalue weighted by Crippen LogP contribution is -2.57. The molecule has 1 saturated heterocycles. The third-order valence-corrected chi connectivity index (χ3v) is 9.59. The molecule has 1 aromatic heterocycles. The maximum absolute atomic E-state index is 13.7. The van der Waals surface area contributed by atoms with Crippen LogP contribution in [0.4, 0.5) is 8.78 Å². The molecule has 10 N–H and O–H groups in total. The number of carbonyl (C=O) groups is 9. The van der Waals surface area contributed by atoms with E-state index in [0.29, 0.717) is 31.5 Å². The van der Waals surface area contributed by atoms with E-state index in [1.807, 2.05) is 0 Å². The number of alkyl halides is 2. The van der Waals surface area contributed by atoms with Crippen LogP contribution in [0.5, 0.6) is 0 Å². The number of pyridine rings is 1. The minimum Gasteiger partial charge on any atom is -0.481 e. The van der Waals surface area contributed by atoms with E-state index in [4.69, 9.17) is 15.9 Å². The summed E-state index contributed by atoms with van der Waals surface area (Å²) < 4.78 is 27.4. The van der Waals surface area contributed by atoms with Crippen molar-refractivity contribution >= 4 is 65.9 Å². The fourth-order valence-corrected chi connectivity index (χ4v) is 6.15. The molecule has 0 saturated carbocycles. The number of carboxylic acids is 2. The lowest BCUT2D eigenvalue weighted by atomic mass is 10.1. The van der Waals surface area contributed by atoms with E-state index < -0.39 is 97.0 Å². The zero-order chi connectivity index (χ0) is 45.0. The molecular weight excluding hydrogens is 817 g/mol. The van der Waals surface area contributed by atoms with Gasteiger partial charge in [0.1, 0.15) is 24.2 Å².